The number of hydrogen-bond acceptors (Lipinski definition) is 4. The molecule has 2 heterocycles. The molecule has 3 rings (SSSR count). The maximum Gasteiger partial charge on any atom is 0.262 e. The number of rotatable bonds is 3. The molecule has 5 heteroatoms. The number of thiophene rings is 1. The molecule has 1 aromatic carbocycles. The lowest BCUT2D eigenvalue weighted by atomic mass is 10.2. The third-order valence-electron chi connectivity index (χ3n) is 3.86. The van der Waals surface area contributed by atoms with Gasteiger partial charge in [0.15, 0.2) is 5.16 Å². The summed E-state index contributed by atoms with van der Waals surface area (Å²) < 4.78 is 1.67. The van der Waals surface area contributed by atoms with Crippen molar-refractivity contribution in [3.8, 4) is 0 Å². The van der Waals surface area contributed by atoms with Gasteiger partial charge in [-0.2, -0.15) is 0 Å². The van der Waals surface area contributed by atoms with E-state index in [1.54, 1.807) is 34.7 Å². The monoisotopic (exact) mass is 330 g/mol. The number of fused-ring (bicyclic) bond motifs is 1. The van der Waals surface area contributed by atoms with Gasteiger partial charge in [-0.3, -0.25) is 9.36 Å². The average molecular weight is 330 g/mol. The first-order valence-corrected chi connectivity index (χ1v) is 8.92. The van der Waals surface area contributed by atoms with Gasteiger partial charge in [0, 0.05) is 17.7 Å². The Labute approximate surface area is 138 Å². The van der Waals surface area contributed by atoms with Crippen LogP contribution in [0.5, 0.6) is 0 Å². The second-order valence-electron chi connectivity index (χ2n) is 5.50. The van der Waals surface area contributed by atoms with Crippen LogP contribution in [0, 0.1) is 20.8 Å². The summed E-state index contributed by atoms with van der Waals surface area (Å²) in [4.78, 5) is 19.3. The van der Waals surface area contributed by atoms with Gasteiger partial charge in [0.2, 0.25) is 0 Å². The minimum absolute atomic E-state index is 0.0539. The van der Waals surface area contributed by atoms with Crippen LogP contribution in [0.4, 0.5) is 0 Å². The summed E-state index contributed by atoms with van der Waals surface area (Å²) in [7, 11) is 1.80. The molecular formula is C17H18N2OS2. The highest BCUT2D eigenvalue weighted by atomic mass is 32.2. The van der Waals surface area contributed by atoms with Crippen molar-refractivity contribution in [1.29, 1.82) is 0 Å². The van der Waals surface area contributed by atoms with Gasteiger partial charge >= 0.3 is 0 Å². The molecular weight excluding hydrogens is 312 g/mol. The molecule has 0 atom stereocenters. The second kappa shape index (κ2) is 5.89. The van der Waals surface area contributed by atoms with Crippen LogP contribution in [0.25, 0.3) is 10.2 Å². The van der Waals surface area contributed by atoms with Crippen molar-refractivity contribution < 1.29 is 0 Å². The molecule has 0 unspecified atom stereocenters. The van der Waals surface area contributed by atoms with Gasteiger partial charge in [0.05, 0.1) is 5.39 Å². The molecule has 0 aliphatic rings. The maximum absolute atomic E-state index is 12.6. The highest BCUT2D eigenvalue weighted by Crippen LogP contribution is 2.28. The van der Waals surface area contributed by atoms with Crippen molar-refractivity contribution >= 4 is 33.3 Å². The Morgan fingerprint density at radius 1 is 1.18 bits per heavy atom. The van der Waals surface area contributed by atoms with Crippen molar-refractivity contribution in [2.45, 2.75) is 31.7 Å². The largest absolute Gasteiger partial charge is 0.290 e. The van der Waals surface area contributed by atoms with E-state index in [0.29, 0.717) is 0 Å². The topological polar surface area (TPSA) is 34.9 Å². The molecule has 0 N–H and O–H groups in total. The molecule has 0 radical (unpaired) electrons. The van der Waals surface area contributed by atoms with Gasteiger partial charge in [-0.25, -0.2) is 4.98 Å². The van der Waals surface area contributed by atoms with Crippen LogP contribution in [0.3, 0.4) is 0 Å². The second-order valence-corrected chi connectivity index (χ2v) is 7.64. The summed E-state index contributed by atoms with van der Waals surface area (Å²) in [5.74, 6) is 0.815. The van der Waals surface area contributed by atoms with E-state index in [0.717, 1.165) is 26.7 Å². The fraction of sp³-hybridized carbons (Fsp3) is 0.294. The van der Waals surface area contributed by atoms with E-state index in [9.17, 15) is 4.79 Å². The Bertz CT molecular complexity index is 892. The minimum atomic E-state index is 0.0539. The van der Waals surface area contributed by atoms with E-state index in [4.69, 9.17) is 4.98 Å². The van der Waals surface area contributed by atoms with Gasteiger partial charge < -0.3 is 0 Å². The molecule has 0 amide bonds. The lowest BCUT2D eigenvalue weighted by molar-refractivity contribution is 0.727. The number of benzene rings is 1. The Balaban J connectivity index is 1.95. The third kappa shape index (κ3) is 2.71. The van der Waals surface area contributed by atoms with Crippen molar-refractivity contribution in [2.75, 3.05) is 0 Å². The van der Waals surface area contributed by atoms with Crippen molar-refractivity contribution in [2.24, 2.45) is 7.05 Å². The highest BCUT2D eigenvalue weighted by molar-refractivity contribution is 7.98. The van der Waals surface area contributed by atoms with Crippen LogP contribution in [-0.4, -0.2) is 9.55 Å². The van der Waals surface area contributed by atoms with Crippen LogP contribution in [0.1, 0.15) is 21.6 Å². The van der Waals surface area contributed by atoms with E-state index >= 15 is 0 Å². The van der Waals surface area contributed by atoms with Gasteiger partial charge in [-0.15, -0.1) is 11.3 Å². The molecule has 0 fully saturated rings. The average Bonchev–Trinajstić information content (AvgIpc) is 2.78. The van der Waals surface area contributed by atoms with Crippen LogP contribution >= 0.6 is 23.1 Å². The fourth-order valence-corrected chi connectivity index (χ4v) is 4.32. The van der Waals surface area contributed by atoms with E-state index < -0.39 is 0 Å². The number of nitrogens with zero attached hydrogens (tertiary/aromatic N) is 2. The summed E-state index contributed by atoms with van der Waals surface area (Å²) in [6.45, 7) is 6.12. The predicted molar refractivity (Wildman–Crippen MR) is 95.1 cm³/mol. The zero-order chi connectivity index (χ0) is 15.9. The van der Waals surface area contributed by atoms with Crippen molar-refractivity contribution in [1.82, 2.24) is 9.55 Å². The van der Waals surface area contributed by atoms with E-state index in [1.165, 1.54) is 16.0 Å². The first-order valence-electron chi connectivity index (χ1n) is 7.12. The Hall–Kier alpha value is -1.59. The smallest absolute Gasteiger partial charge is 0.262 e. The minimum Gasteiger partial charge on any atom is -0.290 e. The quantitative estimate of drug-likeness (QED) is 0.533. The lowest BCUT2D eigenvalue weighted by Crippen LogP contribution is -2.19. The number of aromatic nitrogens is 2. The number of thioether (sulfide) groups is 1. The molecule has 0 aliphatic heterocycles. The summed E-state index contributed by atoms with van der Waals surface area (Å²) in [6.07, 6.45) is 0. The first kappa shape index (κ1) is 15.3. The molecule has 114 valence electrons. The SMILES string of the molecule is Cc1ccc(CSc2nc3sc(C)c(C)c3c(=O)n2C)cc1. The number of aryl methyl sites for hydroxylation is 3. The van der Waals surface area contributed by atoms with Crippen LogP contribution in [0.15, 0.2) is 34.2 Å². The number of hydrogen-bond donors (Lipinski definition) is 0. The first-order chi connectivity index (χ1) is 10.5. The molecule has 0 saturated carbocycles. The molecule has 0 bridgehead atoms. The summed E-state index contributed by atoms with van der Waals surface area (Å²) in [5.41, 5.74) is 3.61. The predicted octanol–water partition coefficient (Wildman–Crippen LogP) is 4.21. The summed E-state index contributed by atoms with van der Waals surface area (Å²) in [6, 6.07) is 8.46. The lowest BCUT2D eigenvalue weighted by Gasteiger charge is -2.07. The van der Waals surface area contributed by atoms with Gasteiger partial charge in [-0.1, -0.05) is 41.6 Å². The van der Waals surface area contributed by atoms with Crippen molar-refractivity contribution in [3.63, 3.8) is 0 Å². The molecule has 22 heavy (non-hydrogen) atoms. The highest BCUT2D eigenvalue weighted by Gasteiger charge is 2.14. The third-order valence-corrected chi connectivity index (χ3v) is 6.06. The Morgan fingerprint density at radius 2 is 1.86 bits per heavy atom. The van der Waals surface area contributed by atoms with Crippen LogP contribution < -0.4 is 5.56 Å². The van der Waals surface area contributed by atoms with Gasteiger partial charge in [0.25, 0.3) is 5.56 Å². The van der Waals surface area contributed by atoms with Gasteiger partial charge in [0.1, 0.15) is 4.83 Å². The van der Waals surface area contributed by atoms with Crippen LogP contribution in [0.2, 0.25) is 0 Å². The fourth-order valence-electron chi connectivity index (χ4n) is 2.32. The molecule has 0 spiro atoms. The van der Waals surface area contributed by atoms with E-state index in [1.807, 2.05) is 13.8 Å². The molecule has 3 aromatic rings. The summed E-state index contributed by atoms with van der Waals surface area (Å²) >= 11 is 3.21. The van der Waals surface area contributed by atoms with Crippen LogP contribution in [-0.2, 0) is 12.8 Å². The molecule has 3 nitrogen and oxygen atoms in total. The zero-order valence-corrected chi connectivity index (χ0v) is 14.8. The van der Waals surface area contributed by atoms with Crippen molar-refractivity contribution in [3.05, 3.63) is 56.2 Å². The van der Waals surface area contributed by atoms with E-state index in [-0.39, 0.29) is 5.56 Å². The molecule has 0 saturated heterocycles. The molecule has 0 aliphatic carbocycles. The zero-order valence-electron chi connectivity index (χ0n) is 13.1. The Morgan fingerprint density at radius 3 is 2.55 bits per heavy atom. The van der Waals surface area contributed by atoms with Gasteiger partial charge in [-0.05, 0) is 31.9 Å². The normalized spacial score (nSPS) is 11.3. The standard InChI is InChI=1S/C17H18N2OS2/c1-10-5-7-13(8-6-10)9-21-17-18-15-14(16(20)19(17)4)11(2)12(3)22-15/h5-8H,9H2,1-4H3. The Kier molecular flexibility index (Phi) is 4.10. The maximum atomic E-state index is 12.6. The summed E-state index contributed by atoms with van der Waals surface area (Å²) in [5, 5.41) is 1.55. The van der Waals surface area contributed by atoms with E-state index in [2.05, 4.69) is 31.2 Å². The molecule has 2 aromatic heterocycles.